The van der Waals surface area contributed by atoms with Crippen LogP contribution in [0.15, 0.2) is 31.4 Å². The van der Waals surface area contributed by atoms with Crippen molar-refractivity contribution in [3.63, 3.8) is 0 Å². The number of hydrogen-bond acceptors (Lipinski definition) is 3. The highest BCUT2D eigenvalue weighted by molar-refractivity contribution is 7.53. The van der Waals surface area contributed by atoms with Gasteiger partial charge in [0.15, 0.2) is 0 Å². The molecule has 1 N–H and O–H groups in total. The van der Waals surface area contributed by atoms with Gasteiger partial charge in [-0.1, -0.05) is 6.58 Å². The van der Waals surface area contributed by atoms with Crippen molar-refractivity contribution in [1.82, 2.24) is 4.98 Å². The Kier molecular flexibility index (Phi) is 9.27. The summed E-state index contributed by atoms with van der Waals surface area (Å²) in [6.07, 6.45) is 8.49. The van der Waals surface area contributed by atoms with Gasteiger partial charge in [-0.15, -0.1) is 0 Å². The lowest BCUT2D eigenvalue weighted by molar-refractivity contribution is -0.711. The Balaban J connectivity index is 0.00000324. The number of allylic oxidation sites excluding steroid dienone is 1. The van der Waals surface area contributed by atoms with E-state index in [2.05, 4.69) is 11.6 Å². The largest absolute Gasteiger partial charge is 1.00 e. The lowest BCUT2D eigenvalue weighted by Crippen LogP contribution is -3.00. The molecular weight excluding hydrogens is 331 g/mol. The van der Waals surface area contributed by atoms with Crippen LogP contribution in [0.5, 0.6) is 0 Å². The minimum absolute atomic E-state index is 0. The fourth-order valence-corrected chi connectivity index (χ4v) is 3.45. The number of hydrogen-bond donors (Lipinski definition) is 1. The molecule has 1 rings (SSSR count). The van der Waals surface area contributed by atoms with Crippen LogP contribution in [0.2, 0.25) is 0 Å². The Hall–Kier alpha value is -0.420. The molecule has 0 bridgehead atoms. The Labute approximate surface area is 125 Å². The third-order valence-electron chi connectivity index (χ3n) is 2.57. The average molecular weight is 353 g/mol. The molecule has 0 radical (unpaired) electrons. The maximum absolute atomic E-state index is 12.3. The Bertz CT molecular complexity index is 388. The average Bonchev–Trinajstić information content (AvgIpc) is 2.84. The maximum Gasteiger partial charge on any atom is 0.330 e. The summed E-state index contributed by atoms with van der Waals surface area (Å²) in [5.41, 5.74) is 0. The number of H-pyrrole nitrogens is 1. The Morgan fingerprint density at radius 1 is 1.42 bits per heavy atom. The smallest absolute Gasteiger partial charge is 0.330 e. The molecule has 5 nitrogen and oxygen atoms in total. The van der Waals surface area contributed by atoms with Crippen molar-refractivity contribution in [2.75, 3.05) is 19.4 Å². The highest BCUT2D eigenvalue weighted by atomic mass is 79.9. The minimum atomic E-state index is -2.96. The standard InChI is InChI=1S/C12H21N2O3P.BrH/c1-4-12(14-9-8-13-11-14)7-10-18(15,16-5-2)17-6-3;/h4,8-9,11-12H,1,5-7,10H2,2-3H3;1H. The molecule has 0 saturated carbocycles. The van der Waals surface area contributed by atoms with Gasteiger partial charge in [-0.2, -0.15) is 0 Å². The summed E-state index contributed by atoms with van der Waals surface area (Å²) in [5.74, 6) is 0. The zero-order valence-corrected chi connectivity index (χ0v) is 13.9. The monoisotopic (exact) mass is 352 g/mol. The first-order valence-electron chi connectivity index (χ1n) is 6.19. The zero-order valence-electron chi connectivity index (χ0n) is 11.4. The first-order valence-corrected chi connectivity index (χ1v) is 7.92. The van der Waals surface area contributed by atoms with E-state index in [1.54, 1.807) is 0 Å². The quantitative estimate of drug-likeness (QED) is 0.377. The van der Waals surface area contributed by atoms with Crippen molar-refractivity contribution < 1.29 is 35.2 Å². The molecule has 1 atom stereocenters. The van der Waals surface area contributed by atoms with Crippen molar-refractivity contribution >= 4 is 7.60 Å². The number of aromatic nitrogens is 2. The second-order valence-corrected chi connectivity index (χ2v) is 6.01. The predicted octanol–water partition coefficient (Wildman–Crippen LogP) is -0.310. The van der Waals surface area contributed by atoms with Crippen molar-refractivity contribution in [2.24, 2.45) is 0 Å². The summed E-state index contributed by atoms with van der Waals surface area (Å²) in [7, 11) is -2.96. The van der Waals surface area contributed by atoms with E-state index in [9.17, 15) is 4.57 Å². The van der Waals surface area contributed by atoms with E-state index < -0.39 is 7.60 Å². The lowest BCUT2D eigenvalue weighted by Gasteiger charge is -2.18. The second-order valence-electron chi connectivity index (χ2n) is 3.82. The fraction of sp³-hybridized carbons (Fsp3) is 0.583. The van der Waals surface area contributed by atoms with E-state index in [0.29, 0.717) is 25.8 Å². The van der Waals surface area contributed by atoms with Crippen LogP contribution in [0.25, 0.3) is 0 Å². The highest BCUT2D eigenvalue weighted by Gasteiger charge is 2.25. The van der Waals surface area contributed by atoms with Gasteiger partial charge in [0.2, 0.25) is 6.33 Å². The Morgan fingerprint density at radius 3 is 2.47 bits per heavy atom. The molecule has 0 saturated heterocycles. The fourth-order valence-electron chi connectivity index (χ4n) is 1.75. The van der Waals surface area contributed by atoms with Crippen LogP contribution in [-0.2, 0) is 13.6 Å². The number of nitrogens with zero attached hydrogens (tertiary/aromatic N) is 1. The summed E-state index contributed by atoms with van der Waals surface area (Å²) in [5, 5.41) is 0. The van der Waals surface area contributed by atoms with Crippen LogP contribution in [-0.4, -0.2) is 24.4 Å². The number of aromatic amines is 1. The number of imidazole rings is 1. The molecule has 1 aromatic rings. The van der Waals surface area contributed by atoms with Crippen LogP contribution in [0.1, 0.15) is 26.3 Å². The lowest BCUT2D eigenvalue weighted by atomic mass is 10.2. The molecule has 0 aromatic carbocycles. The van der Waals surface area contributed by atoms with Gasteiger partial charge >= 0.3 is 7.60 Å². The van der Waals surface area contributed by atoms with Gasteiger partial charge in [0, 0.05) is 6.42 Å². The molecule has 0 aliphatic heterocycles. The van der Waals surface area contributed by atoms with Crippen molar-refractivity contribution in [3.8, 4) is 0 Å². The van der Waals surface area contributed by atoms with Crippen molar-refractivity contribution in [3.05, 3.63) is 31.4 Å². The predicted molar refractivity (Wildman–Crippen MR) is 70.6 cm³/mol. The molecule has 110 valence electrons. The van der Waals surface area contributed by atoms with E-state index in [1.165, 1.54) is 0 Å². The Morgan fingerprint density at radius 2 is 2.05 bits per heavy atom. The van der Waals surface area contributed by atoms with Crippen LogP contribution in [0, 0.1) is 0 Å². The molecule has 1 heterocycles. The van der Waals surface area contributed by atoms with Gasteiger partial charge in [0.25, 0.3) is 0 Å². The zero-order chi connectivity index (χ0) is 13.4. The normalized spacial score (nSPS) is 12.7. The summed E-state index contributed by atoms with van der Waals surface area (Å²) in [4.78, 5) is 2.98. The van der Waals surface area contributed by atoms with Gasteiger partial charge in [-0.05, 0) is 19.9 Å². The van der Waals surface area contributed by atoms with Gasteiger partial charge < -0.3 is 26.0 Å². The van der Waals surface area contributed by atoms with E-state index in [4.69, 9.17) is 9.05 Å². The summed E-state index contributed by atoms with van der Waals surface area (Å²) >= 11 is 0. The molecule has 1 aromatic heterocycles. The minimum Gasteiger partial charge on any atom is -1.00 e. The SMILES string of the molecule is C=CC(CCP(=O)(OCC)OCC)[n+]1cc[nH]c1.[Br-]. The molecule has 0 spiro atoms. The number of halogens is 1. The molecule has 7 heteroatoms. The van der Waals surface area contributed by atoms with Crippen LogP contribution < -0.4 is 21.5 Å². The summed E-state index contributed by atoms with van der Waals surface area (Å²) in [6.45, 7) is 8.23. The maximum atomic E-state index is 12.3. The van der Waals surface area contributed by atoms with Gasteiger partial charge in [0.05, 0.1) is 19.4 Å². The summed E-state index contributed by atoms with van der Waals surface area (Å²) in [6, 6.07) is 0.0884. The highest BCUT2D eigenvalue weighted by Crippen LogP contribution is 2.49. The van der Waals surface area contributed by atoms with E-state index in [1.807, 2.05) is 43.2 Å². The van der Waals surface area contributed by atoms with E-state index >= 15 is 0 Å². The third-order valence-corrected chi connectivity index (χ3v) is 4.68. The van der Waals surface area contributed by atoms with Crippen LogP contribution in [0.4, 0.5) is 0 Å². The number of rotatable bonds is 9. The van der Waals surface area contributed by atoms with Crippen molar-refractivity contribution in [1.29, 1.82) is 0 Å². The molecule has 19 heavy (non-hydrogen) atoms. The topological polar surface area (TPSA) is 55.2 Å². The van der Waals surface area contributed by atoms with Gasteiger partial charge in [0.1, 0.15) is 18.4 Å². The molecular formula is C12H22BrN2O3P. The van der Waals surface area contributed by atoms with Gasteiger partial charge in [-0.25, -0.2) is 4.57 Å². The first kappa shape index (κ1) is 18.6. The van der Waals surface area contributed by atoms with Gasteiger partial charge in [-0.3, -0.25) is 9.55 Å². The third kappa shape index (κ3) is 6.04. The van der Waals surface area contributed by atoms with Crippen LogP contribution in [0.3, 0.4) is 0 Å². The summed E-state index contributed by atoms with van der Waals surface area (Å²) < 4.78 is 24.8. The molecule has 0 fully saturated rings. The van der Waals surface area contributed by atoms with E-state index in [0.717, 1.165) is 0 Å². The molecule has 0 aliphatic carbocycles. The second kappa shape index (κ2) is 9.48. The molecule has 1 unspecified atom stereocenters. The van der Waals surface area contributed by atoms with Crippen LogP contribution >= 0.6 is 7.60 Å². The molecule has 0 amide bonds. The molecule has 0 aliphatic rings. The van der Waals surface area contributed by atoms with E-state index in [-0.39, 0.29) is 23.0 Å². The van der Waals surface area contributed by atoms with Crippen molar-refractivity contribution in [2.45, 2.75) is 26.3 Å². The first-order chi connectivity index (χ1) is 8.65. The number of nitrogens with one attached hydrogen (secondary N) is 1.